The van der Waals surface area contributed by atoms with E-state index in [9.17, 15) is 5.11 Å². The molecule has 2 rings (SSSR count). The first-order valence-corrected chi connectivity index (χ1v) is 6.11. The quantitative estimate of drug-likeness (QED) is 0.849. The van der Waals surface area contributed by atoms with E-state index in [1.807, 2.05) is 30.3 Å². The Kier molecular flexibility index (Phi) is 3.99. The monoisotopic (exact) mass is 230 g/mol. The van der Waals surface area contributed by atoms with Crippen molar-refractivity contribution in [1.29, 1.82) is 0 Å². The number of furan rings is 1. The zero-order valence-electron chi connectivity index (χ0n) is 10.1. The van der Waals surface area contributed by atoms with Crippen molar-refractivity contribution in [3.63, 3.8) is 0 Å². The maximum atomic E-state index is 10.3. The lowest BCUT2D eigenvalue weighted by molar-refractivity contribution is 0.218. The largest absolute Gasteiger partial charge is 0.472 e. The molecule has 17 heavy (non-hydrogen) atoms. The Hall–Kier alpha value is -1.54. The second-order valence-electron chi connectivity index (χ2n) is 4.27. The lowest BCUT2D eigenvalue weighted by atomic mass is 9.98. The molecular weight excluding hydrogens is 212 g/mol. The molecule has 0 spiro atoms. The van der Waals surface area contributed by atoms with Gasteiger partial charge in [0, 0.05) is 5.56 Å². The molecule has 2 nitrogen and oxygen atoms in total. The summed E-state index contributed by atoms with van der Waals surface area (Å²) in [6, 6.07) is 9.68. The van der Waals surface area contributed by atoms with Gasteiger partial charge in [-0.2, -0.15) is 0 Å². The summed E-state index contributed by atoms with van der Waals surface area (Å²) in [7, 11) is 0. The molecule has 0 aliphatic heterocycles. The van der Waals surface area contributed by atoms with E-state index in [-0.39, 0.29) is 0 Å². The molecule has 0 aliphatic carbocycles. The minimum absolute atomic E-state index is 0.582. The van der Waals surface area contributed by atoms with Crippen LogP contribution in [0.2, 0.25) is 0 Å². The van der Waals surface area contributed by atoms with Crippen molar-refractivity contribution in [2.75, 3.05) is 0 Å². The van der Waals surface area contributed by atoms with Crippen molar-refractivity contribution in [1.82, 2.24) is 0 Å². The fraction of sp³-hybridized carbons (Fsp3) is 0.333. The lowest BCUT2D eigenvalue weighted by Gasteiger charge is -2.11. The van der Waals surface area contributed by atoms with E-state index in [0.717, 1.165) is 36.0 Å². The van der Waals surface area contributed by atoms with E-state index >= 15 is 0 Å². The highest BCUT2D eigenvalue weighted by Gasteiger charge is 2.15. The smallest absolute Gasteiger partial charge is 0.107 e. The van der Waals surface area contributed by atoms with Gasteiger partial charge >= 0.3 is 0 Å². The average molecular weight is 230 g/mol. The molecule has 90 valence electrons. The van der Waals surface area contributed by atoms with Crippen LogP contribution in [0, 0.1) is 0 Å². The van der Waals surface area contributed by atoms with E-state index in [1.54, 1.807) is 12.5 Å². The molecule has 0 saturated carbocycles. The number of aryl methyl sites for hydroxylation is 1. The summed E-state index contributed by atoms with van der Waals surface area (Å²) < 4.78 is 5.23. The average Bonchev–Trinajstić information content (AvgIpc) is 2.84. The summed E-state index contributed by atoms with van der Waals surface area (Å²) in [6.07, 6.45) is 6.05. The van der Waals surface area contributed by atoms with Crippen molar-refractivity contribution < 1.29 is 9.52 Å². The first-order chi connectivity index (χ1) is 8.33. The maximum absolute atomic E-state index is 10.3. The van der Waals surface area contributed by atoms with Crippen LogP contribution >= 0.6 is 0 Å². The molecule has 0 bridgehead atoms. The number of aliphatic hydroxyl groups excluding tert-OH is 1. The number of benzene rings is 1. The van der Waals surface area contributed by atoms with Gasteiger partial charge in [-0.25, -0.2) is 0 Å². The van der Waals surface area contributed by atoms with Crippen molar-refractivity contribution >= 4 is 0 Å². The van der Waals surface area contributed by atoms with Gasteiger partial charge < -0.3 is 9.52 Å². The van der Waals surface area contributed by atoms with E-state index in [2.05, 4.69) is 6.92 Å². The van der Waals surface area contributed by atoms with Gasteiger partial charge in [0.05, 0.1) is 12.5 Å². The Labute approximate surface area is 102 Å². The van der Waals surface area contributed by atoms with E-state index in [4.69, 9.17) is 4.42 Å². The third kappa shape index (κ3) is 2.77. The first-order valence-electron chi connectivity index (χ1n) is 6.11. The molecule has 0 amide bonds. The van der Waals surface area contributed by atoms with Crippen LogP contribution in [0.25, 0.3) is 0 Å². The highest BCUT2D eigenvalue weighted by molar-refractivity contribution is 5.32. The van der Waals surface area contributed by atoms with Crippen molar-refractivity contribution in [2.24, 2.45) is 0 Å². The summed E-state index contributed by atoms with van der Waals surface area (Å²) in [4.78, 5) is 0. The predicted octanol–water partition coefficient (Wildman–Crippen LogP) is 3.70. The molecular formula is C15H18O2. The Morgan fingerprint density at radius 3 is 2.65 bits per heavy atom. The third-order valence-corrected chi connectivity index (χ3v) is 2.99. The highest BCUT2D eigenvalue weighted by Crippen LogP contribution is 2.26. The predicted molar refractivity (Wildman–Crippen MR) is 67.8 cm³/mol. The summed E-state index contributed by atoms with van der Waals surface area (Å²) >= 11 is 0. The Balaban J connectivity index is 2.19. The van der Waals surface area contributed by atoms with Gasteiger partial charge in [-0.3, -0.25) is 0 Å². The third-order valence-electron chi connectivity index (χ3n) is 2.99. The normalized spacial score (nSPS) is 12.6. The topological polar surface area (TPSA) is 33.4 Å². The molecule has 1 heterocycles. The number of rotatable bonds is 5. The molecule has 0 saturated heterocycles. The number of hydrogen-bond donors (Lipinski definition) is 1. The van der Waals surface area contributed by atoms with Crippen LogP contribution in [0.5, 0.6) is 0 Å². The van der Waals surface area contributed by atoms with Gasteiger partial charge in [0.2, 0.25) is 0 Å². The van der Waals surface area contributed by atoms with Crippen LogP contribution in [-0.4, -0.2) is 5.11 Å². The molecule has 2 heteroatoms. The standard InChI is InChI=1S/C15H18O2/c1-2-3-7-13-10-17-11-14(13)15(16)12-8-5-4-6-9-12/h4-6,8-11,15-16H,2-3,7H2,1H3. The summed E-state index contributed by atoms with van der Waals surface area (Å²) in [5, 5.41) is 10.3. The first kappa shape index (κ1) is 11.9. The number of hydrogen-bond acceptors (Lipinski definition) is 2. The second-order valence-corrected chi connectivity index (χ2v) is 4.27. The molecule has 0 aliphatic rings. The van der Waals surface area contributed by atoms with Crippen LogP contribution in [0.4, 0.5) is 0 Å². The molecule has 1 N–H and O–H groups in total. The minimum Gasteiger partial charge on any atom is -0.472 e. The summed E-state index contributed by atoms with van der Waals surface area (Å²) in [6.45, 7) is 2.16. The Bertz CT molecular complexity index is 445. The fourth-order valence-corrected chi connectivity index (χ4v) is 1.96. The summed E-state index contributed by atoms with van der Waals surface area (Å²) in [5.41, 5.74) is 2.92. The SMILES string of the molecule is CCCCc1cocc1C(O)c1ccccc1. The molecule has 2 aromatic rings. The van der Waals surface area contributed by atoms with Gasteiger partial charge in [-0.1, -0.05) is 43.7 Å². The molecule has 0 fully saturated rings. The number of unbranched alkanes of at least 4 members (excludes halogenated alkanes) is 1. The van der Waals surface area contributed by atoms with E-state index < -0.39 is 6.10 Å². The van der Waals surface area contributed by atoms with E-state index in [0.29, 0.717) is 0 Å². The fourth-order valence-electron chi connectivity index (χ4n) is 1.96. The van der Waals surface area contributed by atoms with Crippen LogP contribution in [0.15, 0.2) is 47.3 Å². The maximum Gasteiger partial charge on any atom is 0.107 e. The van der Waals surface area contributed by atoms with Crippen LogP contribution in [0.1, 0.15) is 42.6 Å². The van der Waals surface area contributed by atoms with Crippen molar-refractivity contribution in [2.45, 2.75) is 32.3 Å². The Morgan fingerprint density at radius 2 is 1.94 bits per heavy atom. The van der Waals surface area contributed by atoms with Crippen LogP contribution in [-0.2, 0) is 6.42 Å². The van der Waals surface area contributed by atoms with Crippen LogP contribution < -0.4 is 0 Å². The van der Waals surface area contributed by atoms with Crippen molar-refractivity contribution in [3.05, 3.63) is 59.5 Å². The molecule has 1 atom stereocenters. The summed E-state index contributed by atoms with van der Waals surface area (Å²) in [5.74, 6) is 0. The van der Waals surface area contributed by atoms with Gasteiger partial charge in [-0.05, 0) is 24.0 Å². The number of aliphatic hydroxyl groups is 1. The van der Waals surface area contributed by atoms with Gasteiger partial charge in [-0.15, -0.1) is 0 Å². The molecule has 0 radical (unpaired) electrons. The lowest BCUT2D eigenvalue weighted by Crippen LogP contribution is -2.01. The minimum atomic E-state index is -0.582. The van der Waals surface area contributed by atoms with Gasteiger partial charge in [0.1, 0.15) is 6.10 Å². The van der Waals surface area contributed by atoms with Crippen LogP contribution in [0.3, 0.4) is 0 Å². The van der Waals surface area contributed by atoms with Crippen molar-refractivity contribution in [3.8, 4) is 0 Å². The zero-order valence-corrected chi connectivity index (χ0v) is 10.1. The molecule has 1 aromatic heterocycles. The van der Waals surface area contributed by atoms with Gasteiger partial charge in [0.15, 0.2) is 0 Å². The highest BCUT2D eigenvalue weighted by atomic mass is 16.3. The van der Waals surface area contributed by atoms with Gasteiger partial charge in [0.25, 0.3) is 0 Å². The molecule has 1 aromatic carbocycles. The zero-order chi connectivity index (χ0) is 12.1. The second kappa shape index (κ2) is 5.69. The Morgan fingerprint density at radius 1 is 1.18 bits per heavy atom. The van der Waals surface area contributed by atoms with E-state index in [1.165, 1.54) is 0 Å². The molecule has 1 unspecified atom stereocenters.